The van der Waals surface area contributed by atoms with Crippen molar-refractivity contribution in [1.29, 1.82) is 0 Å². The van der Waals surface area contributed by atoms with Gasteiger partial charge >= 0.3 is 0 Å². The first-order chi connectivity index (χ1) is 10.1. The highest BCUT2D eigenvalue weighted by atomic mass is 79.9. The number of hydrogen-bond donors (Lipinski definition) is 1. The van der Waals surface area contributed by atoms with Gasteiger partial charge in [-0.2, -0.15) is 0 Å². The van der Waals surface area contributed by atoms with Crippen LogP contribution >= 0.6 is 15.9 Å². The number of ether oxygens (including phenoxy) is 2. The maximum atomic E-state index is 12.3. The minimum Gasteiger partial charge on any atom is -0.493 e. The molecule has 0 fully saturated rings. The summed E-state index contributed by atoms with van der Waals surface area (Å²) >= 11 is 3.44. The van der Waals surface area contributed by atoms with Gasteiger partial charge in [-0.05, 0) is 46.6 Å². The van der Waals surface area contributed by atoms with Crippen molar-refractivity contribution in [2.24, 2.45) is 0 Å². The second-order valence-corrected chi connectivity index (χ2v) is 5.25. The molecule has 0 saturated carbocycles. The standard InChI is InChI=1S/C16H16BrNO3/c1-10-5-4-6-12(15(10)17)16(19)18-11-7-8-13(20-2)14(9-11)21-3/h4-9H,1-3H3,(H,18,19). The van der Waals surface area contributed by atoms with Crippen molar-refractivity contribution in [3.8, 4) is 11.5 Å². The highest BCUT2D eigenvalue weighted by molar-refractivity contribution is 9.10. The summed E-state index contributed by atoms with van der Waals surface area (Å²) in [6.07, 6.45) is 0. The number of carbonyl (C=O) groups excluding carboxylic acids is 1. The SMILES string of the molecule is COc1ccc(NC(=O)c2cccc(C)c2Br)cc1OC. The van der Waals surface area contributed by atoms with Gasteiger partial charge in [0.2, 0.25) is 0 Å². The Labute approximate surface area is 132 Å². The van der Waals surface area contributed by atoms with Crippen LogP contribution in [0.25, 0.3) is 0 Å². The second kappa shape index (κ2) is 6.63. The molecule has 1 amide bonds. The van der Waals surface area contributed by atoms with E-state index in [4.69, 9.17) is 9.47 Å². The first-order valence-corrected chi connectivity index (χ1v) is 7.14. The zero-order chi connectivity index (χ0) is 15.4. The summed E-state index contributed by atoms with van der Waals surface area (Å²) in [6.45, 7) is 1.94. The Hall–Kier alpha value is -2.01. The van der Waals surface area contributed by atoms with Crippen LogP contribution in [-0.2, 0) is 0 Å². The van der Waals surface area contributed by atoms with Gasteiger partial charge in [0.15, 0.2) is 11.5 Å². The number of rotatable bonds is 4. The van der Waals surface area contributed by atoms with Crippen LogP contribution in [0.5, 0.6) is 11.5 Å². The fourth-order valence-electron chi connectivity index (χ4n) is 1.94. The molecular formula is C16H16BrNO3. The number of halogens is 1. The Morgan fingerprint density at radius 1 is 1.10 bits per heavy atom. The lowest BCUT2D eigenvalue weighted by Gasteiger charge is -2.11. The molecule has 110 valence electrons. The number of amides is 1. The first kappa shape index (κ1) is 15.4. The Balaban J connectivity index is 2.25. The fourth-order valence-corrected chi connectivity index (χ4v) is 2.38. The Morgan fingerprint density at radius 2 is 1.81 bits per heavy atom. The lowest BCUT2D eigenvalue weighted by Crippen LogP contribution is -2.13. The molecule has 21 heavy (non-hydrogen) atoms. The summed E-state index contributed by atoms with van der Waals surface area (Å²) in [7, 11) is 3.13. The van der Waals surface area contributed by atoms with E-state index in [9.17, 15) is 4.79 Å². The van der Waals surface area contributed by atoms with Gasteiger partial charge in [-0.15, -0.1) is 0 Å². The Morgan fingerprint density at radius 3 is 2.48 bits per heavy atom. The van der Waals surface area contributed by atoms with Gasteiger partial charge in [0.1, 0.15) is 0 Å². The molecule has 0 heterocycles. The van der Waals surface area contributed by atoms with Crippen LogP contribution in [0.2, 0.25) is 0 Å². The Bertz CT molecular complexity index is 671. The maximum Gasteiger partial charge on any atom is 0.256 e. The minimum atomic E-state index is -0.183. The molecule has 0 spiro atoms. The lowest BCUT2D eigenvalue weighted by molar-refractivity contribution is 0.102. The molecule has 2 aromatic carbocycles. The molecule has 2 rings (SSSR count). The quantitative estimate of drug-likeness (QED) is 0.906. The predicted molar refractivity (Wildman–Crippen MR) is 86.4 cm³/mol. The number of methoxy groups -OCH3 is 2. The first-order valence-electron chi connectivity index (χ1n) is 6.35. The van der Waals surface area contributed by atoms with Crippen molar-refractivity contribution in [2.75, 3.05) is 19.5 Å². The van der Waals surface area contributed by atoms with E-state index in [0.29, 0.717) is 22.7 Å². The second-order valence-electron chi connectivity index (χ2n) is 4.46. The maximum absolute atomic E-state index is 12.3. The molecule has 0 aromatic heterocycles. The Kier molecular flexibility index (Phi) is 4.85. The van der Waals surface area contributed by atoms with Crippen LogP contribution in [0.3, 0.4) is 0 Å². The summed E-state index contributed by atoms with van der Waals surface area (Å²) < 4.78 is 11.2. The van der Waals surface area contributed by atoms with E-state index in [-0.39, 0.29) is 5.91 Å². The zero-order valence-electron chi connectivity index (χ0n) is 12.1. The molecule has 0 saturated heterocycles. The molecule has 0 unspecified atom stereocenters. The van der Waals surface area contributed by atoms with Crippen molar-refractivity contribution in [3.05, 3.63) is 52.0 Å². The average Bonchev–Trinajstić information content (AvgIpc) is 2.49. The zero-order valence-corrected chi connectivity index (χ0v) is 13.7. The molecule has 5 heteroatoms. The van der Waals surface area contributed by atoms with Crippen molar-refractivity contribution < 1.29 is 14.3 Å². The molecule has 0 radical (unpaired) electrons. The molecule has 1 N–H and O–H groups in total. The van der Waals surface area contributed by atoms with Crippen molar-refractivity contribution in [2.45, 2.75) is 6.92 Å². The summed E-state index contributed by atoms with van der Waals surface area (Å²) in [4.78, 5) is 12.3. The van der Waals surface area contributed by atoms with Crippen LogP contribution in [0, 0.1) is 6.92 Å². The van der Waals surface area contributed by atoms with Gasteiger partial charge in [-0.3, -0.25) is 4.79 Å². The highest BCUT2D eigenvalue weighted by Gasteiger charge is 2.12. The lowest BCUT2D eigenvalue weighted by atomic mass is 10.1. The number of benzene rings is 2. The van der Waals surface area contributed by atoms with Gasteiger partial charge in [-0.25, -0.2) is 0 Å². The third-order valence-electron chi connectivity index (χ3n) is 3.08. The topological polar surface area (TPSA) is 47.6 Å². The number of anilines is 1. The molecule has 0 aliphatic heterocycles. The normalized spacial score (nSPS) is 10.1. The molecule has 0 bridgehead atoms. The molecular weight excluding hydrogens is 334 g/mol. The van der Waals surface area contributed by atoms with Crippen molar-refractivity contribution >= 4 is 27.5 Å². The van der Waals surface area contributed by atoms with Gasteiger partial charge < -0.3 is 14.8 Å². The highest BCUT2D eigenvalue weighted by Crippen LogP contribution is 2.30. The van der Waals surface area contributed by atoms with Gasteiger partial charge in [0.25, 0.3) is 5.91 Å². The minimum absolute atomic E-state index is 0.183. The number of nitrogens with one attached hydrogen (secondary N) is 1. The number of aryl methyl sites for hydroxylation is 1. The molecule has 0 aliphatic carbocycles. The summed E-state index contributed by atoms with van der Waals surface area (Å²) in [5.41, 5.74) is 2.24. The smallest absolute Gasteiger partial charge is 0.256 e. The fraction of sp³-hybridized carbons (Fsp3) is 0.188. The summed E-state index contributed by atoms with van der Waals surface area (Å²) in [5, 5.41) is 2.85. The third kappa shape index (κ3) is 3.36. The van der Waals surface area contributed by atoms with Crippen LogP contribution in [0.1, 0.15) is 15.9 Å². The van der Waals surface area contributed by atoms with Crippen molar-refractivity contribution in [1.82, 2.24) is 0 Å². The van der Waals surface area contributed by atoms with Gasteiger partial charge in [0, 0.05) is 16.2 Å². The van der Waals surface area contributed by atoms with Gasteiger partial charge in [0.05, 0.1) is 19.8 Å². The van der Waals surface area contributed by atoms with E-state index in [2.05, 4.69) is 21.2 Å². The van der Waals surface area contributed by atoms with Crippen LogP contribution in [0.4, 0.5) is 5.69 Å². The van der Waals surface area contributed by atoms with E-state index in [1.807, 2.05) is 19.1 Å². The van der Waals surface area contributed by atoms with Crippen molar-refractivity contribution in [3.63, 3.8) is 0 Å². The van der Waals surface area contributed by atoms with Gasteiger partial charge in [-0.1, -0.05) is 12.1 Å². The van der Waals surface area contributed by atoms with Crippen LogP contribution in [0.15, 0.2) is 40.9 Å². The molecule has 4 nitrogen and oxygen atoms in total. The van der Waals surface area contributed by atoms with E-state index < -0.39 is 0 Å². The number of hydrogen-bond acceptors (Lipinski definition) is 3. The summed E-state index contributed by atoms with van der Waals surface area (Å²) in [6, 6.07) is 10.8. The largest absolute Gasteiger partial charge is 0.493 e. The van der Waals surface area contributed by atoms with E-state index in [1.165, 1.54) is 0 Å². The predicted octanol–water partition coefficient (Wildman–Crippen LogP) is 4.03. The molecule has 2 aromatic rings. The molecule has 0 aliphatic rings. The summed E-state index contributed by atoms with van der Waals surface area (Å²) in [5.74, 6) is 1.00. The van der Waals surface area contributed by atoms with E-state index >= 15 is 0 Å². The van der Waals surface area contributed by atoms with E-state index in [1.54, 1.807) is 38.5 Å². The van der Waals surface area contributed by atoms with Crippen LogP contribution < -0.4 is 14.8 Å². The molecule has 0 atom stereocenters. The number of carbonyl (C=O) groups is 1. The van der Waals surface area contributed by atoms with E-state index in [0.717, 1.165) is 10.0 Å². The van der Waals surface area contributed by atoms with Crippen LogP contribution in [-0.4, -0.2) is 20.1 Å². The monoisotopic (exact) mass is 349 g/mol. The third-order valence-corrected chi connectivity index (χ3v) is 4.13. The average molecular weight is 350 g/mol.